The van der Waals surface area contributed by atoms with Crippen LogP contribution in [0.1, 0.15) is 45.6 Å². The van der Waals surface area contributed by atoms with Gasteiger partial charge < -0.3 is 46.5 Å². The summed E-state index contributed by atoms with van der Waals surface area (Å²) in [6.07, 6.45) is -0.491. The minimum absolute atomic E-state index is 0.0881. The zero-order valence-electron chi connectivity index (χ0n) is 24.4. The summed E-state index contributed by atoms with van der Waals surface area (Å²) in [4.78, 5) is 82.3. The van der Waals surface area contributed by atoms with E-state index in [0.29, 0.717) is 12.8 Å². The Hall–Kier alpha value is -4.89. The summed E-state index contributed by atoms with van der Waals surface area (Å²) in [5, 5.41) is 23.2. The lowest BCUT2D eigenvalue weighted by Crippen LogP contribution is -2.48. The van der Waals surface area contributed by atoms with Crippen molar-refractivity contribution in [3.8, 4) is 0 Å². The maximum absolute atomic E-state index is 12.1. The van der Waals surface area contributed by atoms with Crippen LogP contribution in [0.25, 0.3) is 0 Å². The average molecular weight is 609 g/mol. The Morgan fingerprint density at radius 2 is 1.26 bits per heavy atom. The summed E-state index contributed by atoms with van der Waals surface area (Å²) in [6, 6.07) is 7.93. The quantitative estimate of drug-likeness (QED) is 0.112. The Morgan fingerprint density at radius 1 is 0.721 bits per heavy atom. The van der Waals surface area contributed by atoms with E-state index in [1.54, 1.807) is 20.8 Å². The molecule has 0 spiro atoms. The van der Waals surface area contributed by atoms with Gasteiger partial charge in [-0.25, -0.2) is 14.4 Å². The van der Waals surface area contributed by atoms with E-state index < -0.39 is 79.6 Å². The van der Waals surface area contributed by atoms with Crippen LogP contribution in [0.5, 0.6) is 0 Å². The molecule has 0 saturated carbocycles. The molecule has 1 rings (SSSR count). The summed E-state index contributed by atoms with van der Waals surface area (Å²) >= 11 is 0. The van der Waals surface area contributed by atoms with Gasteiger partial charge in [0.1, 0.15) is 24.8 Å². The van der Waals surface area contributed by atoms with Gasteiger partial charge in [0.15, 0.2) is 0 Å². The van der Waals surface area contributed by atoms with Crippen molar-refractivity contribution in [1.29, 1.82) is 0 Å². The molecule has 0 aliphatic heterocycles. The first-order valence-electron chi connectivity index (χ1n) is 13.5. The Morgan fingerprint density at radius 3 is 1.79 bits per heavy atom. The molecular formula is C27H40N6O10. The molecule has 0 aromatic heterocycles. The van der Waals surface area contributed by atoms with Crippen LogP contribution in [0.15, 0.2) is 30.3 Å². The molecular weight excluding hydrogens is 568 g/mol. The molecule has 16 nitrogen and oxygen atoms in total. The van der Waals surface area contributed by atoms with Gasteiger partial charge in [0.25, 0.3) is 0 Å². The molecule has 0 radical (unpaired) electrons. The van der Waals surface area contributed by atoms with Gasteiger partial charge in [0.2, 0.25) is 23.6 Å². The first-order valence-corrected chi connectivity index (χ1v) is 13.5. The van der Waals surface area contributed by atoms with Crippen molar-refractivity contribution in [3.05, 3.63) is 35.9 Å². The van der Waals surface area contributed by atoms with Crippen LogP contribution in [0.4, 0.5) is 9.59 Å². The molecule has 0 aliphatic carbocycles. The number of carbonyl (C=O) groups is 7. The Balaban J connectivity index is 2.18. The van der Waals surface area contributed by atoms with Crippen molar-refractivity contribution in [2.24, 2.45) is 0 Å². The summed E-state index contributed by atoms with van der Waals surface area (Å²) in [5.41, 5.74) is 0.104. The first kappa shape index (κ1) is 36.1. The molecule has 0 aliphatic rings. The van der Waals surface area contributed by atoms with E-state index in [1.165, 1.54) is 0 Å². The van der Waals surface area contributed by atoms with E-state index in [9.17, 15) is 38.7 Å². The third-order valence-corrected chi connectivity index (χ3v) is 5.17. The van der Waals surface area contributed by atoms with Crippen LogP contribution in [-0.2, 0) is 40.1 Å². The third-order valence-electron chi connectivity index (χ3n) is 5.17. The minimum Gasteiger partial charge on any atom is -0.480 e. The van der Waals surface area contributed by atoms with Crippen molar-refractivity contribution in [2.45, 2.75) is 58.3 Å². The van der Waals surface area contributed by atoms with Crippen molar-refractivity contribution in [3.63, 3.8) is 0 Å². The highest BCUT2D eigenvalue weighted by Crippen LogP contribution is 2.06. The summed E-state index contributed by atoms with van der Waals surface area (Å²) < 4.78 is 10.1. The number of aliphatic carboxylic acids is 1. The van der Waals surface area contributed by atoms with E-state index in [0.717, 1.165) is 5.56 Å². The average Bonchev–Trinajstić information content (AvgIpc) is 2.94. The monoisotopic (exact) mass is 608 g/mol. The van der Waals surface area contributed by atoms with E-state index in [2.05, 4.69) is 31.9 Å². The third kappa shape index (κ3) is 19.0. The molecule has 1 atom stereocenters. The molecule has 0 saturated heterocycles. The van der Waals surface area contributed by atoms with Crippen molar-refractivity contribution in [1.82, 2.24) is 31.9 Å². The SMILES string of the molecule is CC(C)(C)OC(=O)NCC(=O)NCC(=O)NCC(=O)NCC(=O)N[C@@H](CCCCNC(=O)OCc1ccccc1)C(=O)O. The number of hydrogen-bond donors (Lipinski definition) is 7. The predicted molar refractivity (Wildman–Crippen MR) is 151 cm³/mol. The number of carboxylic acids is 1. The highest BCUT2D eigenvalue weighted by Gasteiger charge is 2.20. The largest absolute Gasteiger partial charge is 0.480 e. The van der Waals surface area contributed by atoms with Crippen molar-refractivity contribution >= 4 is 41.8 Å². The van der Waals surface area contributed by atoms with Crippen LogP contribution in [-0.4, -0.2) is 91.3 Å². The van der Waals surface area contributed by atoms with E-state index in [-0.39, 0.29) is 19.6 Å². The van der Waals surface area contributed by atoms with Gasteiger partial charge in [-0.1, -0.05) is 30.3 Å². The summed E-state index contributed by atoms with van der Waals surface area (Å²) in [6.45, 7) is 3.44. The fraction of sp³-hybridized carbons (Fsp3) is 0.519. The number of carbonyl (C=O) groups excluding carboxylic acids is 6. The fourth-order valence-corrected chi connectivity index (χ4v) is 3.13. The predicted octanol–water partition coefficient (Wildman–Crippen LogP) is -0.474. The van der Waals surface area contributed by atoms with E-state index in [4.69, 9.17) is 9.47 Å². The standard InChI is InChI=1S/C27H40N6O10/c1-27(2,3)43-26(41)32-15-22(36)30-13-20(34)29-14-21(35)31-16-23(37)33-19(24(38)39)11-7-8-12-28-25(40)42-17-18-9-5-4-6-10-18/h4-6,9-10,19H,7-8,11-17H2,1-3H3,(H,28,40)(H,29,34)(H,30,36)(H,31,35)(H,32,41)(H,33,37)(H,38,39)/t19-/m0/s1. The van der Waals surface area contributed by atoms with Gasteiger partial charge in [-0.05, 0) is 45.6 Å². The molecule has 0 unspecified atom stereocenters. The van der Waals surface area contributed by atoms with Gasteiger partial charge in [0, 0.05) is 6.54 Å². The maximum atomic E-state index is 12.1. The first-order chi connectivity index (χ1) is 20.2. The Labute approximate surface area is 249 Å². The number of amides is 6. The lowest BCUT2D eigenvalue weighted by Gasteiger charge is -2.19. The maximum Gasteiger partial charge on any atom is 0.408 e. The van der Waals surface area contributed by atoms with Crippen LogP contribution in [0.3, 0.4) is 0 Å². The lowest BCUT2D eigenvalue weighted by atomic mass is 10.1. The number of nitrogens with one attached hydrogen (secondary N) is 6. The Kier molecular flexibility index (Phi) is 16.2. The molecule has 0 heterocycles. The smallest absolute Gasteiger partial charge is 0.408 e. The van der Waals surface area contributed by atoms with Gasteiger partial charge in [-0.2, -0.15) is 0 Å². The topological polar surface area (TPSA) is 230 Å². The molecule has 1 aromatic carbocycles. The van der Waals surface area contributed by atoms with Gasteiger partial charge in [-0.3, -0.25) is 19.2 Å². The zero-order chi connectivity index (χ0) is 32.3. The number of rotatable bonds is 17. The highest BCUT2D eigenvalue weighted by atomic mass is 16.6. The molecule has 6 amide bonds. The van der Waals surface area contributed by atoms with Gasteiger partial charge in [-0.15, -0.1) is 0 Å². The Bertz CT molecular complexity index is 1110. The van der Waals surface area contributed by atoms with Gasteiger partial charge in [0.05, 0.1) is 19.6 Å². The number of ether oxygens (including phenoxy) is 2. The molecule has 43 heavy (non-hydrogen) atoms. The number of carboxylic acid groups (broad SMARTS) is 1. The summed E-state index contributed by atoms with van der Waals surface area (Å²) in [5.74, 6) is -4.09. The minimum atomic E-state index is -1.26. The number of benzene rings is 1. The van der Waals surface area contributed by atoms with Gasteiger partial charge >= 0.3 is 18.2 Å². The van der Waals surface area contributed by atoms with E-state index >= 15 is 0 Å². The van der Waals surface area contributed by atoms with E-state index in [1.807, 2.05) is 30.3 Å². The molecule has 1 aromatic rings. The number of alkyl carbamates (subject to hydrolysis) is 2. The molecule has 7 N–H and O–H groups in total. The van der Waals surface area contributed by atoms with Crippen molar-refractivity contribution < 1.29 is 48.1 Å². The fourth-order valence-electron chi connectivity index (χ4n) is 3.13. The lowest BCUT2D eigenvalue weighted by molar-refractivity contribution is -0.142. The van der Waals surface area contributed by atoms with Crippen LogP contribution in [0.2, 0.25) is 0 Å². The zero-order valence-corrected chi connectivity index (χ0v) is 24.4. The van der Waals surface area contributed by atoms with Crippen LogP contribution in [0, 0.1) is 0 Å². The molecule has 238 valence electrons. The molecule has 0 bridgehead atoms. The second-order valence-corrected chi connectivity index (χ2v) is 10.1. The second-order valence-electron chi connectivity index (χ2n) is 10.1. The normalized spacial score (nSPS) is 11.2. The number of hydrogen-bond acceptors (Lipinski definition) is 9. The summed E-state index contributed by atoms with van der Waals surface area (Å²) in [7, 11) is 0. The second kappa shape index (κ2) is 19.3. The van der Waals surface area contributed by atoms with Crippen molar-refractivity contribution in [2.75, 3.05) is 32.7 Å². The van der Waals surface area contributed by atoms with Crippen LogP contribution < -0.4 is 31.9 Å². The van der Waals surface area contributed by atoms with Crippen LogP contribution >= 0.6 is 0 Å². The molecule has 16 heteroatoms. The number of unbranched alkanes of at least 4 members (excludes halogenated alkanes) is 1. The molecule has 0 fully saturated rings. The highest BCUT2D eigenvalue weighted by molar-refractivity contribution is 5.91.